The van der Waals surface area contributed by atoms with Crippen molar-refractivity contribution in [2.24, 2.45) is 0 Å². The molecule has 1 aliphatic heterocycles. The predicted molar refractivity (Wildman–Crippen MR) is 65.6 cm³/mol. The van der Waals surface area contributed by atoms with Crippen LogP contribution in [0.15, 0.2) is 0 Å². The van der Waals surface area contributed by atoms with Crippen molar-refractivity contribution in [2.45, 2.75) is 31.4 Å². The van der Waals surface area contributed by atoms with Crippen molar-refractivity contribution >= 4 is 23.8 Å². The second-order valence-corrected chi connectivity index (χ2v) is 4.43. The van der Waals surface area contributed by atoms with Crippen LogP contribution in [0.5, 0.6) is 0 Å². The SMILES string of the molecule is CN1C(=O)CCC(NC(=O)NCC[C@H](O)C(=O)O)C1=O. The highest BCUT2D eigenvalue weighted by Gasteiger charge is 2.32. The maximum atomic E-state index is 11.7. The van der Waals surface area contributed by atoms with Crippen LogP contribution in [0.25, 0.3) is 0 Å². The molecule has 9 nitrogen and oxygen atoms in total. The summed E-state index contributed by atoms with van der Waals surface area (Å²) in [5, 5.41) is 22.2. The molecule has 0 aromatic heterocycles. The number of nitrogens with zero attached hydrogens (tertiary/aromatic N) is 1. The van der Waals surface area contributed by atoms with Gasteiger partial charge in [0.05, 0.1) is 0 Å². The smallest absolute Gasteiger partial charge is 0.332 e. The molecule has 0 aromatic rings. The highest BCUT2D eigenvalue weighted by molar-refractivity contribution is 6.01. The van der Waals surface area contributed by atoms with Gasteiger partial charge in [-0.05, 0) is 6.42 Å². The van der Waals surface area contributed by atoms with E-state index in [4.69, 9.17) is 10.2 Å². The molecule has 1 unspecified atom stereocenters. The van der Waals surface area contributed by atoms with Crippen molar-refractivity contribution < 1.29 is 29.4 Å². The van der Waals surface area contributed by atoms with Crippen LogP contribution in [0.4, 0.5) is 4.79 Å². The molecule has 0 spiro atoms. The Bertz CT molecular complexity index is 424. The number of nitrogens with one attached hydrogen (secondary N) is 2. The number of amides is 4. The Hall–Kier alpha value is -2.16. The molecule has 4 N–H and O–H groups in total. The van der Waals surface area contributed by atoms with Crippen molar-refractivity contribution in [1.82, 2.24) is 15.5 Å². The first-order chi connectivity index (χ1) is 9.32. The summed E-state index contributed by atoms with van der Waals surface area (Å²) < 4.78 is 0. The van der Waals surface area contributed by atoms with Crippen molar-refractivity contribution in [3.05, 3.63) is 0 Å². The van der Waals surface area contributed by atoms with E-state index < -0.39 is 30.1 Å². The molecular formula is C11H17N3O6. The molecule has 4 amide bonds. The van der Waals surface area contributed by atoms with E-state index in [0.29, 0.717) is 0 Å². The van der Waals surface area contributed by atoms with Gasteiger partial charge in [0.15, 0.2) is 6.10 Å². The van der Waals surface area contributed by atoms with Gasteiger partial charge < -0.3 is 20.8 Å². The van der Waals surface area contributed by atoms with Crippen molar-refractivity contribution in [2.75, 3.05) is 13.6 Å². The van der Waals surface area contributed by atoms with Gasteiger partial charge >= 0.3 is 12.0 Å². The average molecular weight is 287 g/mol. The molecule has 1 fully saturated rings. The van der Waals surface area contributed by atoms with Gasteiger partial charge in [0.25, 0.3) is 5.91 Å². The number of carbonyl (C=O) groups is 4. The quantitative estimate of drug-likeness (QED) is 0.443. The number of carbonyl (C=O) groups excluding carboxylic acids is 3. The lowest BCUT2D eigenvalue weighted by Gasteiger charge is -2.28. The standard InChI is InChI=1S/C11H17N3O6/c1-14-8(16)3-2-6(9(14)17)13-11(20)12-5-4-7(15)10(18)19/h6-7,15H,2-5H2,1H3,(H,18,19)(H2,12,13,20)/t6?,7-/m0/s1. The van der Waals surface area contributed by atoms with Crippen LogP contribution in [0, 0.1) is 0 Å². The monoisotopic (exact) mass is 287 g/mol. The number of carboxylic acid groups (broad SMARTS) is 1. The largest absolute Gasteiger partial charge is 0.479 e. The van der Waals surface area contributed by atoms with Gasteiger partial charge in [0.2, 0.25) is 5.91 Å². The van der Waals surface area contributed by atoms with Gasteiger partial charge in [-0.3, -0.25) is 14.5 Å². The van der Waals surface area contributed by atoms with Gasteiger partial charge in [-0.25, -0.2) is 9.59 Å². The molecular weight excluding hydrogens is 270 g/mol. The number of hydrogen-bond acceptors (Lipinski definition) is 5. The summed E-state index contributed by atoms with van der Waals surface area (Å²) in [6, 6.07) is -1.43. The van der Waals surface area contributed by atoms with Crippen LogP contribution in [0.3, 0.4) is 0 Å². The number of rotatable bonds is 5. The summed E-state index contributed by atoms with van der Waals surface area (Å²) in [7, 11) is 1.35. The Morgan fingerprint density at radius 2 is 2.10 bits per heavy atom. The number of aliphatic carboxylic acids is 1. The van der Waals surface area contributed by atoms with Crippen LogP contribution < -0.4 is 10.6 Å². The molecule has 1 saturated heterocycles. The Kier molecular flexibility index (Phi) is 5.44. The second kappa shape index (κ2) is 6.85. The number of aliphatic hydroxyl groups is 1. The lowest BCUT2D eigenvalue weighted by atomic mass is 10.1. The third-order valence-corrected chi connectivity index (χ3v) is 2.94. The maximum absolute atomic E-state index is 11.7. The average Bonchev–Trinajstić information content (AvgIpc) is 2.39. The van der Waals surface area contributed by atoms with Crippen LogP contribution in [-0.2, 0) is 14.4 Å². The third kappa shape index (κ3) is 4.19. The van der Waals surface area contributed by atoms with Crippen molar-refractivity contribution in [1.29, 1.82) is 0 Å². The van der Waals surface area contributed by atoms with Crippen LogP contribution in [-0.4, -0.2) is 64.7 Å². The number of aliphatic hydroxyl groups excluding tert-OH is 1. The molecule has 9 heteroatoms. The predicted octanol–water partition coefficient (Wildman–Crippen LogP) is -1.73. The Morgan fingerprint density at radius 3 is 2.70 bits per heavy atom. The zero-order chi connectivity index (χ0) is 15.3. The van der Waals surface area contributed by atoms with Gasteiger partial charge in [-0.1, -0.05) is 0 Å². The molecule has 0 radical (unpaired) electrons. The van der Waals surface area contributed by atoms with E-state index in [1.54, 1.807) is 0 Å². The number of urea groups is 1. The molecule has 1 rings (SSSR count). The molecule has 112 valence electrons. The van der Waals surface area contributed by atoms with E-state index in [-0.39, 0.29) is 31.7 Å². The number of likely N-dealkylation sites (tertiary alicyclic amines) is 1. The van der Waals surface area contributed by atoms with E-state index in [9.17, 15) is 19.2 Å². The molecule has 1 aliphatic rings. The normalized spacial score (nSPS) is 20.5. The van der Waals surface area contributed by atoms with E-state index in [0.717, 1.165) is 4.90 Å². The lowest BCUT2D eigenvalue weighted by Crippen LogP contribution is -2.55. The minimum Gasteiger partial charge on any atom is -0.479 e. The fourth-order valence-electron chi connectivity index (χ4n) is 1.70. The molecule has 2 atom stereocenters. The number of hydrogen-bond donors (Lipinski definition) is 4. The summed E-state index contributed by atoms with van der Waals surface area (Å²) in [6.07, 6.45) is -1.28. The summed E-state index contributed by atoms with van der Waals surface area (Å²) >= 11 is 0. The summed E-state index contributed by atoms with van der Waals surface area (Å²) in [4.78, 5) is 45.7. The first kappa shape index (κ1) is 15.9. The minimum atomic E-state index is -1.55. The zero-order valence-corrected chi connectivity index (χ0v) is 11.0. The number of imide groups is 1. The maximum Gasteiger partial charge on any atom is 0.332 e. The fourth-order valence-corrected chi connectivity index (χ4v) is 1.70. The lowest BCUT2D eigenvalue weighted by molar-refractivity contribution is -0.148. The van der Waals surface area contributed by atoms with Gasteiger partial charge in [-0.15, -0.1) is 0 Å². The Morgan fingerprint density at radius 1 is 1.45 bits per heavy atom. The molecule has 0 bridgehead atoms. The molecule has 20 heavy (non-hydrogen) atoms. The summed E-state index contributed by atoms with van der Waals surface area (Å²) in [5.41, 5.74) is 0. The van der Waals surface area contributed by atoms with Gasteiger partial charge in [0, 0.05) is 26.4 Å². The minimum absolute atomic E-state index is 0.0466. The number of likely N-dealkylation sites (N-methyl/N-ethyl adjacent to an activating group) is 1. The van der Waals surface area contributed by atoms with Crippen LogP contribution in [0.2, 0.25) is 0 Å². The van der Waals surface area contributed by atoms with Crippen LogP contribution >= 0.6 is 0 Å². The second-order valence-electron chi connectivity index (χ2n) is 4.43. The van der Waals surface area contributed by atoms with E-state index in [1.165, 1.54) is 7.05 Å². The topological polar surface area (TPSA) is 136 Å². The van der Waals surface area contributed by atoms with Gasteiger partial charge in [-0.2, -0.15) is 0 Å². The zero-order valence-electron chi connectivity index (χ0n) is 11.0. The van der Waals surface area contributed by atoms with E-state index in [1.807, 2.05) is 0 Å². The Balaban J connectivity index is 2.34. The highest BCUT2D eigenvalue weighted by Crippen LogP contribution is 2.11. The first-order valence-corrected chi connectivity index (χ1v) is 6.08. The van der Waals surface area contributed by atoms with Crippen LogP contribution in [0.1, 0.15) is 19.3 Å². The summed E-state index contributed by atoms with van der Waals surface area (Å²) in [5.74, 6) is -2.14. The molecule has 0 aliphatic carbocycles. The highest BCUT2D eigenvalue weighted by atomic mass is 16.4. The summed E-state index contributed by atoms with van der Waals surface area (Å²) in [6.45, 7) is -0.0466. The third-order valence-electron chi connectivity index (χ3n) is 2.94. The first-order valence-electron chi connectivity index (χ1n) is 6.08. The van der Waals surface area contributed by atoms with E-state index in [2.05, 4.69) is 10.6 Å². The van der Waals surface area contributed by atoms with Gasteiger partial charge in [0.1, 0.15) is 6.04 Å². The van der Waals surface area contributed by atoms with E-state index >= 15 is 0 Å². The number of piperidine rings is 1. The van der Waals surface area contributed by atoms with Crippen molar-refractivity contribution in [3.63, 3.8) is 0 Å². The number of carboxylic acids is 1. The molecule has 0 aromatic carbocycles. The Labute approximate surface area is 114 Å². The fraction of sp³-hybridized carbons (Fsp3) is 0.636. The van der Waals surface area contributed by atoms with Crippen molar-refractivity contribution in [3.8, 4) is 0 Å². The molecule has 0 saturated carbocycles. The molecule has 1 heterocycles.